The van der Waals surface area contributed by atoms with Gasteiger partial charge in [-0.1, -0.05) is 45.1 Å². The normalized spacial score (nSPS) is 13.0. The zero-order valence-corrected chi connectivity index (χ0v) is 23.7. The first-order valence-electron chi connectivity index (χ1n) is 11.8. The van der Waals surface area contributed by atoms with Crippen LogP contribution in [0.25, 0.3) is 16.6 Å². The van der Waals surface area contributed by atoms with E-state index in [0.717, 1.165) is 11.8 Å². The lowest BCUT2D eigenvalue weighted by atomic mass is 9.87. The van der Waals surface area contributed by atoms with Crippen molar-refractivity contribution in [3.05, 3.63) is 88.4 Å². The maximum Gasteiger partial charge on any atom is 0.259 e. The number of halogens is 1. The lowest BCUT2D eigenvalue weighted by Crippen LogP contribution is -2.23. The Morgan fingerprint density at radius 3 is 2.55 bits per heavy atom. The number of pyridine rings is 1. The van der Waals surface area contributed by atoms with Crippen LogP contribution in [0.1, 0.15) is 38.3 Å². The van der Waals surface area contributed by atoms with Crippen LogP contribution >= 0.6 is 11.6 Å². The molecule has 200 valence electrons. The van der Waals surface area contributed by atoms with Crippen LogP contribution in [-0.4, -0.2) is 41.0 Å². The second kappa shape index (κ2) is 11.4. The van der Waals surface area contributed by atoms with Crippen LogP contribution in [0.15, 0.2) is 76.9 Å². The highest BCUT2D eigenvalue weighted by Crippen LogP contribution is 2.25. The molecule has 0 aliphatic heterocycles. The van der Waals surface area contributed by atoms with Crippen LogP contribution in [0.4, 0.5) is 5.69 Å². The average Bonchev–Trinajstić information content (AvgIpc) is 2.85. The highest BCUT2D eigenvalue weighted by molar-refractivity contribution is 7.90. The molecule has 3 aromatic rings. The standard InChI is InChI=1S/C28H31ClN4O4S/c1-7-8-10-18(25(34)31-22-12-9-11-21(15-22)28(2,3)4)13-19(16-29)23-14-20-17-30-27(38(6,36)37)32-24(20)33(5)26(23)35/h7,9-15,17H,1,8,16H2,2-6H3,(H,31,34)/b18-10+,19-13+. The van der Waals surface area contributed by atoms with Crippen molar-refractivity contribution in [2.45, 2.75) is 37.8 Å². The summed E-state index contributed by atoms with van der Waals surface area (Å²) in [5.41, 5.74) is 2.33. The molecule has 2 heterocycles. The maximum absolute atomic E-state index is 13.3. The van der Waals surface area contributed by atoms with Gasteiger partial charge in [-0.2, -0.15) is 4.98 Å². The second-order valence-electron chi connectivity index (χ2n) is 9.90. The van der Waals surface area contributed by atoms with E-state index in [0.29, 0.717) is 28.6 Å². The second-order valence-corrected chi connectivity index (χ2v) is 12.1. The Morgan fingerprint density at radius 1 is 1.24 bits per heavy atom. The first-order valence-corrected chi connectivity index (χ1v) is 14.3. The third-order valence-electron chi connectivity index (χ3n) is 5.83. The van der Waals surface area contributed by atoms with E-state index in [1.165, 1.54) is 17.8 Å². The van der Waals surface area contributed by atoms with Gasteiger partial charge >= 0.3 is 0 Å². The first-order chi connectivity index (χ1) is 17.8. The topological polar surface area (TPSA) is 111 Å². The third-order valence-corrected chi connectivity index (χ3v) is 6.98. The van der Waals surface area contributed by atoms with Crippen LogP contribution in [-0.2, 0) is 27.1 Å². The molecule has 0 fully saturated rings. The number of hydrogen-bond acceptors (Lipinski definition) is 6. The van der Waals surface area contributed by atoms with E-state index in [4.69, 9.17) is 11.6 Å². The number of allylic oxidation sites excluding steroid dienone is 3. The number of aromatic nitrogens is 3. The number of carbonyl (C=O) groups is 1. The van der Waals surface area contributed by atoms with Crippen LogP contribution < -0.4 is 10.9 Å². The van der Waals surface area contributed by atoms with Crippen molar-refractivity contribution in [2.75, 3.05) is 17.5 Å². The van der Waals surface area contributed by atoms with Crippen LogP contribution in [0.5, 0.6) is 0 Å². The van der Waals surface area contributed by atoms with E-state index >= 15 is 0 Å². The molecule has 38 heavy (non-hydrogen) atoms. The summed E-state index contributed by atoms with van der Waals surface area (Å²) in [4.78, 5) is 34.5. The Hall–Kier alpha value is -3.56. The monoisotopic (exact) mass is 554 g/mol. The molecule has 0 spiro atoms. The molecule has 2 aromatic heterocycles. The van der Waals surface area contributed by atoms with E-state index in [1.54, 1.807) is 24.3 Å². The Balaban J connectivity index is 2.07. The summed E-state index contributed by atoms with van der Waals surface area (Å²) in [6, 6.07) is 9.19. The fourth-order valence-electron chi connectivity index (χ4n) is 3.71. The van der Waals surface area contributed by atoms with Gasteiger partial charge in [0.1, 0.15) is 5.65 Å². The smallest absolute Gasteiger partial charge is 0.259 e. The minimum Gasteiger partial charge on any atom is -0.322 e. The summed E-state index contributed by atoms with van der Waals surface area (Å²) in [6.07, 6.45) is 7.71. The van der Waals surface area contributed by atoms with Gasteiger partial charge in [0.2, 0.25) is 15.0 Å². The van der Waals surface area contributed by atoms with Crippen LogP contribution in [0, 0.1) is 0 Å². The molecule has 0 saturated carbocycles. The van der Waals surface area contributed by atoms with Gasteiger partial charge in [-0.05, 0) is 47.2 Å². The molecule has 10 heteroatoms. The number of sulfone groups is 1. The van der Waals surface area contributed by atoms with Crippen LogP contribution in [0.3, 0.4) is 0 Å². The van der Waals surface area contributed by atoms with E-state index in [9.17, 15) is 18.0 Å². The lowest BCUT2D eigenvalue weighted by Gasteiger charge is -2.20. The van der Waals surface area contributed by atoms with Crippen molar-refractivity contribution >= 4 is 49.6 Å². The Morgan fingerprint density at radius 2 is 1.95 bits per heavy atom. The molecule has 0 atom stereocenters. The SMILES string of the molecule is C=CC/C=C(\C=C(/CCl)c1cc2cnc(S(C)(=O)=O)nc2n(C)c1=O)C(=O)Nc1cccc(C(C)(C)C)c1. The van der Waals surface area contributed by atoms with Gasteiger partial charge in [0.25, 0.3) is 11.5 Å². The number of alkyl halides is 1. The van der Waals surface area contributed by atoms with Crippen molar-refractivity contribution < 1.29 is 13.2 Å². The molecule has 0 aliphatic rings. The van der Waals surface area contributed by atoms with E-state index in [1.807, 2.05) is 24.3 Å². The summed E-state index contributed by atoms with van der Waals surface area (Å²) >= 11 is 6.27. The molecule has 0 aliphatic carbocycles. The lowest BCUT2D eigenvalue weighted by molar-refractivity contribution is -0.112. The number of anilines is 1. The van der Waals surface area contributed by atoms with Gasteiger partial charge in [0.05, 0.1) is 0 Å². The predicted octanol–water partition coefficient (Wildman–Crippen LogP) is 4.79. The molecule has 3 rings (SSSR count). The number of rotatable bonds is 8. The Kier molecular flexibility index (Phi) is 8.74. The zero-order chi connectivity index (χ0) is 28.3. The Bertz CT molecular complexity index is 1630. The highest BCUT2D eigenvalue weighted by atomic mass is 35.5. The van der Waals surface area contributed by atoms with Gasteiger partial charge in [0.15, 0.2) is 0 Å². The molecule has 0 saturated heterocycles. The maximum atomic E-state index is 13.3. The molecule has 1 aromatic carbocycles. The summed E-state index contributed by atoms with van der Waals surface area (Å²) < 4.78 is 25.0. The van der Waals surface area contributed by atoms with Crippen molar-refractivity contribution in [3.63, 3.8) is 0 Å². The summed E-state index contributed by atoms with van der Waals surface area (Å²) in [5, 5.41) is 3.01. The fraction of sp³-hybridized carbons (Fsp3) is 0.286. The molecule has 1 amide bonds. The van der Waals surface area contributed by atoms with Crippen molar-refractivity contribution in [1.29, 1.82) is 0 Å². The number of nitrogens with one attached hydrogen (secondary N) is 1. The average molecular weight is 555 g/mol. The zero-order valence-electron chi connectivity index (χ0n) is 22.1. The van der Waals surface area contributed by atoms with Crippen molar-refractivity contribution in [3.8, 4) is 0 Å². The number of amides is 1. The van der Waals surface area contributed by atoms with Gasteiger partial charge < -0.3 is 5.32 Å². The highest BCUT2D eigenvalue weighted by Gasteiger charge is 2.18. The van der Waals surface area contributed by atoms with Gasteiger partial charge in [-0.3, -0.25) is 14.2 Å². The largest absolute Gasteiger partial charge is 0.322 e. The van der Waals surface area contributed by atoms with Crippen molar-refractivity contribution in [1.82, 2.24) is 14.5 Å². The summed E-state index contributed by atoms with van der Waals surface area (Å²) in [5.74, 6) is -0.416. The number of aryl methyl sites for hydroxylation is 1. The molecule has 1 N–H and O–H groups in total. The summed E-state index contributed by atoms with van der Waals surface area (Å²) in [7, 11) is -2.17. The predicted molar refractivity (Wildman–Crippen MR) is 153 cm³/mol. The minimum atomic E-state index is -3.66. The van der Waals surface area contributed by atoms with Gasteiger partial charge in [0, 0.05) is 47.6 Å². The minimum absolute atomic E-state index is 0.0543. The van der Waals surface area contributed by atoms with Gasteiger partial charge in [-0.25, -0.2) is 13.4 Å². The molecular weight excluding hydrogens is 524 g/mol. The first kappa shape index (κ1) is 29.0. The fourth-order valence-corrected chi connectivity index (χ4v) is 4.43. The number of nitrogens with zero attached hydrogens (tertiary/aromatic N) is 3. The van der Waals surface area contributed by atoms with E-state index < -0.39 is 15.4 Å². The molecule has 8 nitrogen and oxygen atoms in total. The number of carbonyl (C=O) groups excluding carboxylic acids is 1. The van der Waals surface area contributed by atoms with Gasteiger partial charge in [-0.15, -0.1) is 18.2 Å². The summed E-state index contributed by atoms with van der Waals surface area (Å²) in [6.45, 7) is 10.0. The molecular formula is C28H31ClN4O4S. The third kappa shape index (κ3) is 6.65. The molecule has 0 bridgehead atoms. The quantitative estimate of drug-likeness (QED) is 0.141. The molecule has 0 radical (unpaired) electrons. The number of benzene rings is 1. The van der Waals surface area contributed by atoms with E-state index in [-0.39, 0.29) is 33.6 Å². The van der Waals surface area contributed by atoms with E-state index in [2.05, 4.69) is 42.6 Å². The number of hydrogen-bond donors (Lipinski definition) is 1. The molecule has 0 unspecified atom stereocenters. The van der Waals surface area contributed by atoms with Crippen LogP contribution in [0.2, 0.25) is 0 Å². The number of fused-ring (bicyclic) bond motifs is 1. The van der Waals surface area contributed by atoms with Crippen molar-refractivity contribution in [2.24, 2.45) is 7.05 Å². The Labute approximate surface area is 227 Å².